The van der Waals surface area contributed by atoms with Crippen molar-refractivity contribution in [2.24, 2.45) is 5.41 Å². The molecule has 1 aromatic rings. The molecule has 1 unspecified atom stereocenters. The molecule has 0 bridgehead atoms. The zero-order chi connectivity index (χ0) is 16.4. The molecule has 4 heteroatoms. The van der Waals surface area contributed by atoms with Crippen LogP contribution in [-0.2, 0) is 16.0 Å². The molecule has 1 aromatic carbocycles. The van der Waals surface area contributed by atoms with Crippen molar-refractivity contribution >= 4 is 11.9 Å². The van der Waals surface area contributed by atoms with Gasteiger partial charge >= 0.3 is 11.9 Å². The lowest BCUT2D eigenvalue weighted by Gasteiger charge is -2.30. The fourth-order valence-electron chi connectivity index (χ4n) is 2.83. The number of aliphatic carboxylic acids is 2. The van der Waals surface area contributed by atoms with Crippen molar-refractivity contribution in [1.29, 1.82) is 0 Å². The Hall–Kier alpha value is -1.84. The second-order valence-corrected chi connectivity index (χ2v) is 5.95. The molecule has 1 atom stereocenters. The topological polar surface area (TPSA) is 74.6 Å². The zero-order valence-corrected chi connectivity index (χ0v) is 13.3. The summed E-state index contributed by atoms with van der Waals surface area (Å²) in [6.45, 7) is 2.06. The van der Waals surface area contributed by atoms with E-state index in [2.05, 4.69) is 6.92 Å². The highest BCUT2D eigenvalue weighted by atomic mass is 16.4. The molecule has 0 saturated carbocycles. The Kier molecular flexibility index (Phi) is 7.64. The highest BCUT2D eigenvalue weighted by Gasteiger charge is 2.37. The zero-order valence-electron chi connectivity index (χ0n) is 13.3. The van der Waals surface area contributed by atoms with Gasteiger partial charge in [0.2, 0.25) is 0 Å². The summed E-state index contributed by atoms with van der Waals surface area (Å²) in [6, 6.07) is 9.69. The van der Waals surface area contributed by atoms with Crippen LogP contribution >= 0.6 is 0 Å². The van der Waals surface area contributed by atoms with Crippen LogP contribution in [0, 0.1) is 5.41 Å². The van der Waals surface area contributed by atoms with Gasteiger partial charge in [0.15, 0.2) is 0 Å². The van der Waals surface area contributed by atoms with E-state index >= 15 is 0 Å². The fourth-order valence-corrected chi connectivity index (χ4v) is 2.83. The van der Waals surface area contributed by atoms with Crippen LogP contribution in [0.4, 0.5) is 0 Å². The summed E-state index contributed by atoms with van der Waals surface area (Å²) in [4.78, 5) is 22.5. The van der Waals surface area contributed by atoms with E-state index in [0.717, 1.165) is 18.4 Å². The van der Waals surface area contributed by atoms with Crippen molar-refractivity contribution in [3.05, 3.63) is 35.9 Å². The minimum atomic E-state index is -0.822. The first-order valence-electron chi connectivity index (χ1n) is 7.99. The molecule has 0 radical (unpaired) electrons. The van der Waals surface area contributed by atoms with E-state index in [-0.39, 0.29) is 6.42 Å². The third-order valence-electron chi connectivity index (χ3n) is 4.14. The Labute approximate surface area is 132 Å². The summed E-state index contributed by atoms with van der Waals surface area (Å²) in [5, 5.41) is 18.5. The Balaban J connectivity index is 2.81. The van der Waals surface area contributed by atoms with E-state index in [4.69, 9.17) is 5.11 Å². The van der Waals surface area contributed by atoms with Crippen molar-refractivity contribution in [1.82, 2.24) is 0 Å². The lowest BCUT2D eigenvalue weighted by molar-refractivity contribution is -0.150. The average Bonchev–Trinajstić information content (AvgIpc) is 2.49. The van der Waals surface area contributed by atoms with Crippen molar-refractivity contribution in [2.75, 3.05) is 0 Å². The van der Waals surface area contributed by atoms with Gasteiger partial charge in [0.05, 0.1) is 5.41 Å². The van der Waals surface area contributed by atoms with Gasteiger partial charge in [-0.2, -0.15) is 0 Å². The van der Waals surface area contributed by atoms with E-state index in [0.29, 0.717) is 32.1 Å². The third kappa shape index (κ3) is 5.88. The minimum Gasteiger partial charge on any atom is -0.481 e. The molecule has 0 saturated heterocycles. The molecule has 1 rings (SSSR count). The van der Waals surface area contributed by atoms with Gasteiger partial charge in [-0.05, 0) is 31.2 Å². The standard InChI is InChI=1S/C18H26O4/c1-2-3-12-18(17(21)22,13-8-7-11-16(19)20)14-15-9-5-4-6-10-15/h4-6,9-10H,2-3,7-8,11-14H2,1H3,(H,19,20)(H,21,22). The molecule has 0 fully saturated rings. The van der Waals surface area contributed by atoms with Crippen molar-refractivity contribution in [3.63, 3.8) is 0 Å². The largest absolute Gasteiger partial charge is 0.481 e. The quantitative estimate of drug-likeness (QED) is 0.603. The Bertz CT molecular complexity index is 469. The summed E-state index contributed by atoms with van der Waals surface area (Å²) in [5.74, 6) is -1.59. The van der Waals surface area contributed by atoms with E-state index in [9.17, 15) is 14.7 Å². The first-order chi connectivity index (χ1) is 10.5. The number of carboxylic acids is 2. The SMILES string of the molecule is CCCCC(CCCCC(=O)O)(Cc1ccccc1)C(=O)O. The van der Waals surface area contributed by atoms with Crippen LogP contribution in [0.3, 0.4) is 0 Å². The van der Waals surface area contributed by atoms with Crippen molar-refractivity contribution in [2.45, 2.75) is 58.3 Å². The highest BCUT2D eigenvalue weighted by Crippen LogP contribution is 2.35. The Morgan fingerprint density at radius 1 is 1.00 bits per heavy atom. The van der Waals surface area contributed by atoms with Gasteiger partial charge in [-0.15, -0.1) is 0 Å². The third-order valence-corrected chi connectivity index (χ3v) is 4.14. The van der Waals surface area contributed by atoms with Crippen molar-refractivity contribution < 1.29 is 19.8 Å². The number of benzene rings is 1. The van der Waals surface area contributed by atoms with Crippen LogP contribution in [-0.4, -0.2) is 22.2 Å². The molecular weight excluding hydrogens is 280 g/mol. The van der Waals surface area contributed by atoms with Gasteiger partial charge < -0.3 is 10.2 Å². The molecule has 0 spiro atoms. The molecule has 4 nitrogen and oxygen atoms in total. The van der Waals surface area contributed by atoms with Gasteiger partial charge in [0, 0.05) is 6.42 Å². The maximum absolute atomic E-state index is 11.9. The molecule has 0 heterocycles. The predicted octanol–water partition coefficient (Wildman–Crippen LogP) is 4.14. The van der Waals surface area contributed by atoms with E-state index in [1.54, 1.807) is 0 Å². The van der Waals surface area contributed by atoms with Crippen LogP contribution in [0.5, 0.6) is 0 Å². The summed E-state index contributed by atoms with van der Waals surface area (Å²) in [5.41, 5.74) is 0.245. The average molecular weight is 306 g/mol. The maximum Gasteiger partial charge on any atom is 0.309 e. The second kappa shape index (κ2) is 9.23. The monoisotopic (exact) mass is 306 g/mol. The molecular formula is C18H26O4. The number of rotatable bonds is 11. The first-order valence-corrected chi connectivity index (χ1v) is 7.99. The molecule has 0 aliphatic rings. The second-order valence-electron chi connectivity index (χ2n) is 5.95. The summed E-state index contributed by atoms with van der Waals surface area (Å²) < 4.78 is 0. The molecule has 0 amide bonds. The minimum absolute atomic E-state index is 0.106. The van der Waals surface area contributed by atoms with Crippen LogP contribution in [0.1, 0.15) is 57.4 Å². The molecule has 0 aliphatic heterocycles. The Morgan fingerprint density at radius 2 is 1.64 bits per heavy atom. The van der Waals surface area contributed by atoms with Gasteiger partial charge in [-0.1, -0.05) is 56.5 Å². The van der Waals surface area contributed by atoms with Gasteiger partial charge in [-0.3, -0.25) is 9.59 Å². The van der Waals surface area contributed by atoms with Crippen molar-refractivity contribution in [3.8, 4) is 0 Å². The van der Waals surface area contributed by atoms with Crippen LogP contribution < -0.4 is 0 Å². The number of hydrogen-bond acceptors (Lipinski definition) is 2. The van der Waals surface area contributed by atoms with Gasteiger partial charge in [0.1, 0.15) is 0 Å². The molecule has 0 aliphatic carbocycles. The number of carbonyl (C=O) groups is 2. The number of carboxylic acid groups (broad SMARTS) is 2. The maximum atomic E-state index is 11.9. The number of hydrogen-bond donors (Lipinski definition) is 2. The smallest absolute Gasteiger partial charge is 0.309 e. The Morgan fingerprint density at radius 3 is 2.18 bits per heavy atom. The summed E-state index contributed by atoms with van der Waals surface area (Å²) in [7, 11) is 0. The lowest BCUT2D eigenvalue weighted by atomic mass is 9.73. The summed E-state index contributed by atoms with van der Waals surface area (Å²) in [6.07, 6.45) is 4.79. The van der Waals surface area contributed by atoms with Crippen LogP contribution in [0.2, 0.25) is 0 Å². The molecule has 0 aromatic heterocycles. The van der Waals surface area contributed by atoms with Crippen LogP contribution in [0.15, 0.2) is 30.3 Å². The highest BCUT2D eigenvalue weighted by molar-refractivity contribution is 5.75. The lowest BCUT2D eigenvalue weighted by Crippen LogP contribution is -2.33. The van der Waals surface area contributed by atoms with Crippen LogP contribution in [0.25, 0.3) is 0 Å². The van der Waals surface area contributed by atoms with Gasteiger partial charge in [-0.25, -0.2) is 0 Å². The van der Waals surface area contributed by atoms with E-state index < -0.39 is 17.4 Å². The fraction of sp³-hybridized carbons (Fsp3) is 0.556. The number of unbranched alkanes of at least 4 members (excludes halogenated alkanes) is 2. The van der Waals surface area contributed by atoms with Gasteiger partial charge in [0.25, 0.3) is 0 Å². The molecule has 122 valence electrons. The summed E-state index contributed by atoms with van der Waals surface area (Å²) >= 11 is 0. The van der Waals surface area contributed by atoms with E-state index in [1.807, 2.05) is 30.3 Å². The van der Waals surface area contributed by atoms with E-state index in [1.165, 1.54) is 0 Å². The molecule has 22 heavy (non-hydrogen) atoms. The first kappa shape index (κ1) is 18.2. The molecule has 2 N–H and O–H groups in total. The normalized spacial score (nSPS) is 13.5. The predicted molar refractivity (Wildman–Crippen MR) is 85.8 cm³/mol.